The highest BCUT2D eigenvalue weighted by Gasteiger charge is 2.14. The van der Waals surface area contributed by atoms with Crippen molar-refractivity contribution >= 4 is 35.2 Å². The fraction of sp³-hybridized carbons (Fsp3) is 1.00. The van der Waals surface area contributed by atoms with Crippen molar-refractivity contribution < 1.29 is 0 Å². The van der Waals surface area contributed by atoms with Crippen LogP contribution in [0.4, 0.5) is 0 Å². The summed E-state index contributed by atoms with van der Waals surface area (Å²) in [5.41, 5.74) is 6.74. The van der Waals surface area contributed by atoms with Crippen molar-refractivity contribution in [3.63, 3.8) is 0 Å². The molecule has 0 aliphatic carbocycles. The second-order valence-electron chi connectivity index (χ2n) is 3.03. The molecule has 1 nitrogen and oxygen atoms in total. The molecule has 0 aliphatic rings. The molecule has 0 aromatic rings. The van der Waals surface area contributed by atoms with Crippen molar-refractivity contribution in [1.82, 2.24) is 0 Å². The molecule has 0 radical (unpaired) electrons. The van der Waals surface area contributed by atoms with Crippen LogP contribution in [0.25, 0.3) is 0 Å². The largest absolute Gasteiger partial charge is 0.331 e. The van der Waals surface area contributed by atoms with Crippen LogP contribution in [-0.2, 0) is 0 Å². The van der Waals surface area contributed by atoms with Crippen LogP contribution in [-0.4, -0.2) is 40.8 Å². The van der Waals surface area contributed by atoms with Crippen molar-refractivity contribution in [2.24, 2.45) is 5.73 Å². The van der Waals surface area contributed by atoms with E-state index in [-0.39, 0.29) is 8.31 Å². The maximum Gasteiger partial charge on any atom is 0.0403 e. The van der Waals surface area contributed by atoms with E-state index < -0.39 is 0 Å². The van der Waals surface area contributed by atoms with Crippen molar-refractivity contribution in [2.75, 3.05) is 0 Å². The Balaban J connectivity index is 3.56. The van der Waals surface area contributed by atoms with Gasteiger partial charge in [-0.05, 0) is 39.0 Å². The van der Waals surface area contributed by atoms with Gasteiger partial charge >= 0.3 is 0 Å². The molecule has 5 heteroatoms. The van der Waals surface area contributed by atoms with E-state index in [9.17, 15) is 0 Å². The van der Waals surface area contributed by atoms with E-state index in [0.29, 0.717) is 22.8 Å². The lowest BCUT2D eigenvalue weighted by molar-refractivity contribution is 0.837. The van der Waals surface area contributed by atoms with E-state index in [1.54, 1.807) is 9.76 Å². The van der Waals surface area contributed by atoms with Crippen LogP contribution in [0.2, 0.25) is 6.04 Å². The van der Waals surface area contributed by atoms with Crippen LogP contribution >= 0.6 is 0 Å². The number of rotatable bonds is 5. The summed E-state index contributed by atoms with van der Waals surface area (Å²) in [6.07, 6.45) is 1.26. The van der Waals surface area contributed by atoms with Crippen LogP contribution in [0.5, 0.6) is 0 Å². The Hall–Kier alpha value is 0.828. The first kappa shape index (κ1) is 10.8. The van der Waals surface area contributed by atoms with Crippen molar-refractivity contribution in [1.29, 1.82) is 0 Å². The quantitative estimate of drug-likeness (QED) is 0.498. The molecule has 0 fully saturated rings. The molecule has 10 heavy (non-hydrogen) atoms. The third-order valence-corrected chi connectivity index (χ3v) is 41.3. The molecule has 0 saturated carbocycles. The average molecular weight is 208 g/mol. The summed E-state index contributed by atoms with van der Waals surface area (Å²) in [4.78, 5) is 0. The first-order chi connectivity index (χ1) is 4.76. The predicted molar refractivity (Wildman–Crippen MR) is 62.9 cm³/mol. The maximum atomic E-state index is 6.05. The zero-order valence-electron chi connectivity index (χ0n) is 7.56. The van der Waals surface area contributed by atoms with Gasteiger partial charge in [0.15, 0.2) is 0 Å². The lowest BCUT2D eigenvalue weighted by atomic mass is 10.5. The molecule has 0 aliphatic heterocycles. The predicted octanol–water partition coefficient (Wildman–Crippen LogP) is -2.46. The van der Waals surface area contributed by atoms with E-state index in [4.69, 9.17) is 5.73 Å². The zero-order chi connectivity index (χ0) is 7.98. The van der Waals surface area contributed by atoms with Crippen LogP contribution in [0.3, 0.4) is 0 Å². The SMILES string of the molecule is CCC(N)[SiH](CC)[SiH2][SiH2][SiH3]. The minimum Gasteiger partial charge on any atom is -0.331 e. The highest BCUT2D eigenvalue weighted by atomic mass is 29.7. The van der Waals surface area contributed by atoms with Crippen LogP contribution in [0.15, 0.2) is 0 Å². The summed E-state index contributed by atoms with van der Waals surface area (Å²) in [5, 5.41) is 0. The number of hydrogen-bond acceptors (Lipinski definition) is 1. The zero-order valence-corrected chi connectivity index (χ0v) is 13.5. The van der Waals surface area contributed by atoms with Crippen LogP contribution in [0, 0.1) is 0 Å². The van der Waals surface area contributed by atoms with Gasteiger partial charge in [-0.1, -0.05) is 19.9 Å². The van der Waals surface area contributed by atoms with E-state index >= 15 is 0 Å². The second-order valence-corrected chi connectivity index (χ2v) is 29.9. The molecule has 0 saturated heterocycles. The molecule has 0 aromatic heterocycles. The minimum absolute atomic E-state index is 0.294. The van der Waals surface area contributed by atoms with Gasteiger partial charge in [-0.3, -0.25) is 0 Å². The first-order valence-corrected chi connectivity index (χ1v) is 18.9. The second kappa shape index (κ2) is 6.53. The van der Waals surface area contributed by atoms with E-state index in [1.807, 2.05) is 0 Å². The van der Waals surface area contributed by atoms with Gasteiger partial charge in [-0.25, -0.2) is 0 Å². The Morgan fingerprint density at radius 3 is 2.50 bits per heavy atom. The minimum atomic E-state index is -0.294. The highest BCUT2D eigenvalue weighted by Crippen LogP contribution is 1.97. The molecule has 2 atom stereocenters. The molecule has 0 spiro atoms. The van der Waals surface area contributed by atoms with E-state index in [1.165, 1.54) is 12.5 Å². The summed E-state index contributed by atoms with van der Waals surface area (Å²) in [7, 11) is 2.33. The Labute approximate surface area is 73.2 Å². The third kappa shape index (κ3) is 3.87. The highest BCUT2D eigenvalue weighted by molar-refractivity contribution is 7.46. The maximum absolute atomic E-state index is 6.05. The molecule has 62 valence electrons. The normalized spacial score (nSPS) is 19.5. The molecule has 0 heterocycles. The average Bonchev–Trinajstić information content (AvgIpc) is 1.99. The molecule has 0 aromatic carbocycles. The summed E-state index contributed by atoms with van der Waals surface area (Å²) in [5.74, 6) is 0. The van der Waals surface area contributed by atoms with Crippen molar-refractivity contribution in [3.8, 4) is 0 Å². The Bertz CT molecular complexity index is 80.0. The van der Waals surface area contributed by atoms with Gasteiger partial charge in [0, 0.05) is 8.31 Å². The number of nitrogens with two attached hydrogens (primary N) is 1. The fourth-order valence-electron chi connectivity index (χ4n) is 1.43. The van der Waals surface area contributed by atoms with Gasteiger partial charge in [0.2, 0.25) is 0 Å². The topological polar surface area (TPSA) is 26.0 Å². The summed E-state index contributed by atoms with van der Waals surface area (Å²) in [6, 6.07) is 1.50. The molecular weight excluding hydrogens is 186 g/mol. The Kier molecular flexibility index (Phi) is 7.07. The fourth-order valence-corrected chi connectivity index (χ4v) is 44.2. The van der Waals surface area contributed by atoms with Crippen LogP contribution < -0.4 is 5.73 Å². The summed E-state index contributed by atoms with van der Waals surface area (Å²) in [6.45, 7) is 4.62. The van der Waals surface area contributed by atoms with E-state index in [2.05, 4.69) is 13.8 Å². The van der Waals surface area contributed by atoms with Gasteiger partial charge in [0.25, 0.3) is 0 Å². The smallest absolute Gasteiger partial charge is 0.0403 e. The van der Waals surface area contributed by atoms with Crippen LogP contribution in [0.1, 0.15) is 20.3 Å². The standard InChI is InChI=1S/C5H21NSi4/c1-3-5(6)10(4-2)9-8-7/h5,10H,3-4,6,8-9H2,1-2,7H3. The van der Waals surface area contributed by atoms with Crippen molar-refractivity contribution in [2.45, 2.75) is 32.0 Å². The molecule has 2 unspecified atom stereocenters. The summed E-state index contributed by atoms with van der Waals surface area (Å²) < 4.78 is 0. The van der Waals surface area contributed by atoms with Gasteiger partial charge < -0.3 is 5.73 Å². The lowest BCUT2D eigenvalue weighted by Crippen LogP contribution is -2.44. The lowest BCUT2D eigenvalue weighted by Gasteiger charge is -2.18. The molecule has 0 bridgehead atoms. The third-order valence-electron chi connectivity index (χ3n) is 2.26. The van der Waals surface area contributed by atoms with Gasteiger partial charge in [-0.2, -0.15) is 0 Å². The molecule has 0 amide bonds. The van der Waals surface area contributed by atoms with Crippen molar-refractivity contribution in [3.05, 3.63) is 0 Å². The molecule has 2 N–H and O–H groups in total. The monoisotopic (exact) mass is 207 g/mol. The number of hydrogen-bond donors (Lipinski definition) is 1. The first-order valence-electron chi connectivity index (χ1n) is 4.51. The van der Waals surface area contributed by atoms with Gasteiger partial charge in [0.05, 0.1) is 0 Å². The molecule has 0 rings (SSSR count). The van der Waals surface area contributed by atoms with Gasteiger partial charge in [0.1, 0.15) is 0 Å². The Morgan fingerprint density at radius 2 is 2.20 bits per heavy atom. The van der Waals surface area contributed by atoms with Gasteiger partial charge in [-0.15, -0.1) is 0 Å². The summed E-state index contributed by atoms with van der Waals surface area (Å²) >= 11 is 0. The van der Waals surface area contributed by atoms with E-state index in [0.717, 1.165) is 0 Å². The molecular formula is C5H21NSi4. The Morgan fingerprint density at radius 1 is 1.60 bits per heavy atom.